The molecule has 26 heavy (non-hydrogen) atoms. The first-order valence-corrected chi connectivity index (χ1v) is 9.26. The molecule has 0 atom stereocenters. The number of benzene rings is 2. The fraction of sp³-hybridized carbons (Fsp3) is 0.300. The van der Waals surface area contributed by atoms with E-state index in [1.165, 1.54) is 0 Å². The molecule has 0 N–H and O–H groups in total. The van der Waals surface area contributed by atoms with Gasteiger partial charge in [-0.1, -0.05) is 13.3 Å². The summed E-state index contributed by atoms with van der Waals surface area (Å²) in [5, 5.41) is 0. The highest BCUT2D eigenvalue weighted by atomic mass is 79.9. The Bertz CT molecular complexity index is 755. The smallest absolute Gasteiger partial charge is 0.343 e. The first-order chi connectivity index (χ1) is 12.5. The van der Waals surface area contributed by atoms with Crippen molar-refractivity contribution in [1.82, 2.24) is 0 Å². The largest absolute Gasteiger partial charge is 0.494 e. The quantitative estimate of drug-likeness (QED) is 0.340. The predicted octanol–water partition coefficient (Wildman–Crippen LogP) is 5.02. The van der Waals surface area contributed by atoms with E-state index in [2.05, 4.69) is 22.9 Å². The van der Waals surface area contributed by atoms with Crippen molar-refractivity contribution in [2.45, 2.75) is 26.7 Å². The molecular weight excluding hydrogens is 400 g/mol. The Balaban J connectivity index is 2.01. The number of hydrogen-bond donors (Lipinski definition) is 0. The molecule has 0 saturated heterocycles. The molecule has 0 amide bonds. The van der Waals surface area contributed by atoms with E-state index in [1.807, 2.05) is 0 Å². The summed E-state index contributed by atoms with van der Waals surface area (Å²) in [6.45, 7) is 4.79. The van der Waals surface area contributed by atoms with Gasteiger partial charge in [0.05, 0.1) is 28.8 Å². The number of carbonyl (C=O) groups is 2. The molecule has 0 spiro atoms. The summed E-state index contributed by atoms with van der Waals surface area (Å²) in [4.78, 5) is 24.0. The molecule has 0 bridgehead atoms. The Morgan fingerprint density at radius 3 is 2.27 bits per heavy atom. The van der Waals surface area contributed by atoms with E-state index in [-0.39, 0.29) is 0 Å². The topological polar surface area (TPSA) is 61.8 Å². The van der Waals surface area contributed by atoms with E-state index in [0.717, 1.165) is 18.6 Å². The van der Waals surface area contributed by atoms with Crippen LogP contribution in [0.1, 0.15) is 47.4 Å². The highest BCUT2D eigenvalue weighted by Crippen LogP contribution is 2.27. The number of carbonyl (C=O) groups excluding carboxylic acids is 2. The van der Waals surface area contributed by atoms with Crippen molar-refractivity contribution in [2.24, 2.45) is 0 Å². The van der Waals surface area contributed by atoms with Gasteiger partial charge in [0, 0.05) is 0 Å². The third kappa shape index (κ3) is 5.59. The lowest BCUT2D eigenvalue weighted by Crippen LogP contribution is -2.10. The van der Waals surface area contributed by atoms with Crippen molar-refractivity contribution in [3.05, 3.63) is 58.1 Å². The number of esters is 2. The van der Waals surface area contributed by atoms with Crippen LogP contribution in [0.15, 0.2) is 46.9 Å². The number of hydrogen-bond acceptors (Lipinski definition) is 5. The van der Waals surface area contributed by atoms with Gasteiger partial charge in [-0.05, 0) is 71.7 Å². The van der Waals surface area contributed by atoms with Crippen LogP contribution in [-0.2, 0) is 4.74 Å². The molecule has 0 aliphatic rings. The molecule has 2 aromatic rings. The molecule has 0 aliphatic carbocycles. The van der Waals surface area contributed by atoms with E-state index in [4.69, 9.17) is 14.2 Å². The lowest BCUT2D eigenvalue weighted by molar-refractivity contribution is 0.0526. The van der Waals surface area contributed by atoms with Gasteiger partial charge in [-0.25, -0.2) is 9.59 Å². The van der Waals surface area contributed by atoms with E-state index in [1.54, 1.807) is 49.4 Å². The molecule has 2 aromatic carbocycles. The summed E-state index contributed by atoms with van der Waals surface area (Å²) in [6.07, 6.45) is 2.05. The number of ether oxygens (including phenoxy) is 3. The van der Waals surface area contributed by atoms with Gasteiger partial charge in [-0.3, -0.25) is 0 Å². The first kappa shape index (κ1) is 20.0. The van der Waals surface area contributed by atoms with Gasteiger partial charge in [0.2, 0.25) is 0 Å². The van der Waals surface area contributed by atoms with Crippen molar-refractivity contribution in [3.63, 3.8) is 0 Å². The predicted molar refractivity (Wildman–Crippen MR) is 102 cm³/mol. The van der Waals surface area contributed by atoms with Crippen LogP contribution in [0.2, 0.25) is 0 Å². The van der Waals surface area contributed by atoms with E-state index in [0.29, 0.717) is 34.6 Å². The fourth-order valence-electron chi connectivity index (χ4n) is 2.11. The van der Waals surface area contributed by atoms with Crippen LogP contribution >= 0.6 is 15.9 Å². The van der Waals surface area contributed by atoms with Crippen molar-refractivity contribution < 1.29 is 23.8 Å². The molecule has 0 radical (unpaired) electrons. The highest BCUT2D eigenvalue weighted by molar-refractivity contribution is 9.10. The normalized spacial score (nSPS) is 10.3. The third-order valence-electron chi connectivity index (χ3n) is 3.50. The molecule has 0 fully saturated rings. The van der Waals surface area contributed by atoms with Crippen LogP contribution in [0.4, 0.5) is 0 Å². The van der Waals surface area contributed by atoms with Crippen LogP contribution in [0.5, 0.6) is 11.5 Å². The maximum absolute atomic E-state index is 12.3. The zero-order valence-electron chi connectivity index (χ0n) is 14.8. The van der Waals surface area contributed by atoms with Gasteiger partial charge in [0.1, 0.15) is 11.5 Å². The number of unbranched alkanes of at least 4 members (excludes halogenated alkanes) is 1. The summed E-state index contributed by atoms with van der Waals surface area (Å²) in [5.41, 5.74) is 0.793. The van der Waals surface area contributed by atoms with E-state index < -0.39 is 11.9 Å². The number of halogens is 1. The highest BCUT2D eigenvalue weighted by Gasteiger charge is 2.14. The van der Waals surface area contributed by atoms with Gasteiger partial charge in [-0.15, -0.1) is 0 Å². The average Bonchev–Trinajstić information content (AvgIpc) is 2.64. The Morgan fingerprint density at radius 1 is 0.962 bits per heavy atom. The van der Waals surface area contributed by atoms with Crippen LogP contribution in [-0.4, -0.2) is 25.2 Å². The zero-order valence-corrected chi connectivity index (χ0v) is 16.4. The van der Waals surface area contributed by atoms with E-state index in [9.17, 15) is 9.59 Å². The van der Waals surface area contributed by atoms with Gasteiger partial charge >= 0.3 is 11.9 Å². The Morgan fingerprint density at radius 2 is 1.65 bits per heavy atom. The first-order valence-electron chi connectivity index (χ1n) is 8.46. The van der Waals surface area contributed by atoms with Crippen LogP contribution in [0.25, 0.3) is 0 Å². The fourth-order valence-corrected chi connectivity index (χ4v) is 2.57. The van der Waals surface area contributed by atoms with Gasteiger partial charge < -0.3 is 14.2 Å². The standard InChI is InChI=1S/C20H21BrO5/c1-3-5-12-25-16-9-6-14(7-10-16)20(23)26-18-11-8-15(13-17(18)21)19(22)24-4-2/h6-11,13H,3-5,12H2,1-2H3. The maximum atomic E-state index is 12.3. The van der Waals surface area contributed by atoms with Crippen molar-refractivity contribution in [3.8, 4) is 11.5 Å². The SMILES string of the molecule is CCCCOc1ccc(C(=O)Oc2ccc(C(=O)OCC)cc2Br)cc1. The maximum Gasteiger partial charge on any atom is 0.343 e. The summed E-state index contributed by atoms with van der Waals surface area (Å²) in [5.74, 6) is 0.126. The lowest BCUT2D eigenvalue weighted by Gasteiger charge is -2.09. The summed E-state index contributed by atoms with van der Waals surface area (Å²) in [7, 11) is 0. The second-order valence-corrected chi connectivity index (χ2v) is 6.34. The minimum Gasteiger partial charge on any atom is -0.494 e. The Hall–Kier alpha value is -2.34. The van der Waals surface area contributed by atoms with Gasteiger partial charge in [0.25, 0.3) is 0 Å². The Labute approximate surface area is 161 Å². The summed E-state index contributed by atoms with van der Waals surface area (Å²) < 4.78 is 16.4. The molecule has 0 unspecified atom stereocenters. The number of rotatable bonds is 8. The molecular formula is C20H21BrO5. The van der Waals surface area contributed by atoms with Crippen LogP contribution in [0, 0.1) is 0 Å². The molecule has 0 heterocycles. The summed E-state index contributed by atoms with van der Waals surface area (Å²) in [6, 6.07) is 11.5. The monoisotopic (exact) mass is 420 g/mol. The molecule has 138 valence electrons. The van der Waals surface area contributed by atoms with Crippen molar-refractivity contribution in [1.29, 1.82) is 0 Å². The third-order valence-corrected chi connectivity index (χ3v) is 4.12. The van der Waals surface area contributed by atoms with Gasteiger partial charge in [0.15, 0.2) is 0 Å². The van der Waals surface area contributed by atoms with Crippen molar-refractivity contribution >= 4 is 27.9 Å². The van der Waals surface area contributed by atoms with E-state index >= 15 is 0 Å². The molecule has 2 rings (SSSR count). The molecule has 0 aromatic heterocycles. The van der Waals surface area contributed by atoms with Crippen LogP contribution in [0.3, 0.4) is 0 Å². The summed E-state index contributed by atoms with van der Waals surface area (Å²) >= 11 is 3.31. The Kier molecular flexibility index (Phi) is 7.66. The lowest BCUT2D eigenvalue weighted by atomic mass is 10.2. The van der Waals surface area contributed by atoms with Crippen molar-refractivity contribution in [2.75, 3.05) is 13.2 Å². The molecule has 0 saturated carbocycles. The molecule has 6 heteroatoms. The zero-order chi connectivity index (χ0) is 18.9. The molecule has 5 nitrogen and oxygen atoms in total. The van der Waals surface area contributed by atoms with Crippen LogP contribution < -0.4 is 9.47 Å². The minimum absolute atomic E-state index is 0.297. The molecule has 0 aliphatic heterocycles. The van der Waals surface area contributed by atoms with Gasteiger partial charge in [-0.2, -0.15) is 0 Å². The average molecular weight is 421 g/mol. The minimum atomic E-state index is -0.491. The second kappa shape index (κ2) is 9.97. The second-order valence-electron chi connectivity index (χ2n) is 5.48.